The van der Waals surface area contributed by atoms with E-state index in [0.29, 0.717) is 0 Å². The van der Waals surface area contributed by atoms with Crippen molar-refractivity contribution in [3.63, 3.8) is 0 Å². The van der Waals surface area contributed by atoms with Crippen molar-refractivity contribution in [3.8, 4) is 33.4 Å². The van der Waals surface area contributed by atoms with E-state index in [9.17, 15) is 0 Å². The lowest BCUT2D eigenvalue weighted by Gasteiger charge is -2.51. The fraction of sp³-hybridized carbons (Fsp3) is 0.205. The molecule has 0 N–H and O–H groups in total. The third-order valence-corrected chi connectivity index (χ3v) is 19.5. The van der Waals surface area contributed by atoms with Crippen molar-refractivity contribution in [3.05, 3.63) is 287 Å². The van der Waals surface area contributed by atoms with Crippen molar-refractivity contribution in [2.24, 2.45) is 0 Å². The summed E-state index contributed by atoms with van der Waals surface area (Å²) in [6.07, 6.45) is 0. The van der Waals surface area contributed by atoms with E-state index >= 15 is 0 Å². The van der Waals surface area contributed by atoms with E-state index in [1.54, 1.807) is 0 Å². The highest BCUT2D eigenvalue weighted by Crippen LogP contribution is 2.65. The van der Waals surface area contributed by atoms with Gasteiger partial charge < -0.3 is 14.7 Å². The average Bonchev–Trinajstić information content (AvgIpc) is 1.66. The van der Waals surface area contributed by atoms with Crippen LogP contribution in [0.5, 0.6) is 0 Å². The molecule has 1 spiro atoms. The number of fused-ring (bicyclic) bond motifs is 13. The Kier molecular flexibility index (Phi) is 12.2. The van der Waals surface area contributed by atoms with Crippen LogP contribution in [0, 0.1) is 0 Å². The first-order valence-electron chi connectivity index (χ1n) is 31.4. The fourth-order valence-corrected chi connectivity index (χ4v) is 15.0. The second-order valence-corrected chi connectivity index (χ2v) is 29.0. The Morgan fingerprint density at radius 3 is 1.31 bits per heavy atom. The van der Waals surface area contributed by atoms with Crippen LogP contribution in [-0.4, -0.2) is 6.71 Å². The zero-order valence-corrected chi connectivity index (χ0v) is 52.5. The zero-order chi connectivity index (χ0) is 60.1. The lowest BCUT2D eigenvalue weighted by atomic mass is 9.32. The molecule has 4 aliphatic rings. The Balaban J connectivity index is 1.13. The van der Waals surface area contributed by atoms with E-state index in [0.717, 1.165) is 22.7 Å². The third kappa shape index (κ3) is 8.45. The molecule has 0 bridgehead atoms. The van der Waals surface area contributed by atoms with Crippen LogP contribution < -0.4 is 31.1 Å². The molecule has 0 amide bonds. The first-order chi connectivity index (χ1) is 41.7. The topological polar surface area (TPSA) is 9.72 Å². The molecule has 0 atom stereocenters. The summed E-state index contributed by atoms with van der Waals surface area (Å²) in [5.74, 6) is 0. The van der Waals surface area contributed by atoms with E-state index in [2.05, 4.69) is 340 Å². The van der Waals surface area contributed by atoms with Gasteiger partial charge in [0.15, 0.2) is 0 Å². The summed E-state index contributed by atoms with van der Waals surface area (Å²) >= 11 is 0. The summed E-state index contributed by atoms with van der Waals surface area (Å²) in [6, 6.07) is 93.9. The summed E-state index contributed by atoms with van der Waals surface area (Å²) in [4.78, 5) is 7.90. The minimum Gasteiger partial charge on any atom is -0.311 e. The second kappa shape index (κ2) is 19.4. The van der Waals surface area contributed by atoms with Crippen LogP contribution in [0.15, 0.2) is 243 Å². The fourth-order valence-electron chi connectivity index (χ4n) is 15.0. The summed E-state index contributed by atoms with van der Waals surface area (Å²) in [5.41, 5.74) is 31.3. The van der Waals surface area contributed by atoms with E-state index in [-0.39, 0.29) is 28.4 Å². The molecule has 0 aromatic heterocycles. The Morgan fingerprint density at radius 1 is 0.299 bits per heavy atom. The predicted molar refractivity (Wildman–Crippen MR) is 372 cm³/mol. The molecule has 3 nitrogen and oxygen atoms in total. The SMILES string of the molecule is CC(C)(C)c1ccc(N(c2ccc(C(C)(C)C)cc2)c2cc3c4c(c2)N2c5ccccc5C5(c6ccccc6-c6ccccc65)c5cc(-c6ccccc6)cc(c52)B4c2cc(C(C)(C)C)ccc2N3c2ccc(C(C)(C)C)cc2-c2ccccc2)cc1. The van der Waals surface area contributed by atoms with Gasteiger partial charge in [-0.2, -0.15) is 0 Å². The molecule has 426 valence electrons. The minimum absolute atomic E-state index is 0.0205. The number of anilines is 9. The second-order valence-electron chi connectivity index (χ2n) is 29.0. The molecule has 0 unspecified atom stereocenters. The van der Waals surface area contributed by atoms with E-state index in [1.807, 2.05) is 0 Å². The standard InChI is InChI=1S/C83H76BN3/c1-79(2,3)56-35-41-60(42-36-56)85(61-43-37-57(38-44-61)80(4,5)6)62-51-75-77-76(52-62)87-73-34-24-23-33-68(73)83(66-31-21-19-29-63(66)64-30-20-22-32-67(64)83)69-47-55(53-25-15-13-16-26-53)48-71(78(69)87)84(77)70-50-59(82(10,11)12)40-46-74(70)86(75)72-45-39-58(81(7,8)9)49-65(72)54-27-17-14-18-28-54/h13-52H,1-12H3. The van der Waals surface area contributed by atoms with Crippen molar-refractivity contribution in [2.45, 2.75) is 110 Å². The van der Waals surface area contributed by atoms with Gasteiger partial charge in [-0.15, -0.1) is 0 Å². The number of hydrogen-bond donors (Lipinski definition) is 0. The van der Waals surface area contributed by atoms with Gasteiger partial charge in [-0.25, -0.2) is 0 Å². The van der Waals surface area contributed by atoms with Gasteiger partial charge in [0.25, 0.3) is 6.71 Å². The average molecular weight is 1130 g/mol. The molecule has 4 heteroatoms. The van der Waals surface area contributed by atoms with Crippen LogP contribution in [0.3, 0.4) is 0 Å². The highest BCUT2D eigenvalue weighted by molar-refractivity contribution is 7.00. The van der Waals surface area contributed by atoms with Crippen LogP contribution in [0.25, 0.3) is 33.4 Å². The van der Waals surface area contributed by atoms with E-state index in [4.69, 9.17) is 0 Å². The van der Waals surface area contributed by atoms with Crippen molar-refractivity contribution in [2.75, 3.05) is 14.7 Å². The van der Waals surface area contributed by atoms with Gasteiger partial charge >= 0.3 is 0 Å². The van der Waals surface area contributed by atoms with Crippen LogP contribution in [0.4, 0.5) is 51.2 Å². The molecule has 0 saturated heterocycles. The summed E-state index contributed by atoms with van der Waals surface area (Å²) in [7, 11) is 0. The molecule has 11 aromatic carbocycles. The van der Waals surface area contributed by atoms with E-state index in [1.165, 1.54) is 123 Å². The minimum atomic E-state index is -0.640. The van der Waals surface area contributed by atoms with Gasteiger partial charge in [-0.1, -0.05) is 259 Å². The maximum absolute atomic E-state index is 2.71. The van der Waals surface area contributed by atoms with Crippen molar-refractivity contribution < 1.29 is 0 Å². The molecular weight excluding hydrogens is 1050 g/mol. The molecule has 87 heavy (non-hydrogen) atoms. The monoisotopic (exact) mass is 1130 g/mol. The van der Waals surface area contributed by atoms with Crippen LogP contribution >= 0.6 is 0 Å². The highest BCUT2D eigenvalue weighted by atomic mass is 15.2. The Labute approximate surface area is 516 Å². The van der Waals surface area contributed by atoms with Crippen LogP contribution in [-0.2, 0) is 27.1 Å². The van der Waals surface area contributed by atoms with Gasteiger partial charge in [0, 0.05) is 39.7 Å². The summed E-state index contributed by atoms with van der Waals surface area (Å²) in [5, 5.41) is 0. The molecule has 15 rings (SSSR count). The number of para-hydroxylation sites is 1. The molecule has 0 radical (unpaired) electrons. The number of nitrogens with zero attached hydrogens (tertiary/aromatic N) is 3. The summed E-state index contributed by atoms with van der Waals surface area (Å²) < 4.78 is 0. The quantitative estimate of drug-likeness (QED) is 0.154. The molecular formula is C83H76BN3. The Bertz CT molecular complexity index is 4440. The van der Waals surface area contributed by atoms with Crippen molar-refractivity contribution in [1.82, 2.24) is 0 Å². The smallest absolute Gasteiger partial charge is 0.252 e. The van der Waals surface area contributed by atoms with Gasteiger partial charge in [0.05, 0.1) is 22.5 Å². The number of benzene rings is 11. The van der Waals surface area contributed by atoms with Crippen molar-refractivity contribution >= 4 is 74.3 Å². The molecule has 3 heterocycles. The molecule has 1 aliphatic carbocycles. The van der Waals surface area contributed by atoms with Gasteiger partial charge in [-0.3, -0.25) is 0 Å². The molecule has 3 aliphatic heterocycles. The number of hydrogen-bond acceptors (Lipinski definition) is 3. The van der Waals surface area contributed by atoms with E-state index < -0.39 is 5.41 Å². The van der Waals surface area contributed by atoms with Gasteiger partial charge in [-0.05, 0) is 177 Å². The predicted octanol–water partition coefficient (Wildman–Crippen LogP) is 20.4. The van der Waals surface area contributed by atoms with Gasteiger partial charge in [0.1, 0.15) is 0 Å². The lowest BCUT2D eigenvalue weighted by molar-refractivity contribution is 0.590. The maximum Gasteiger partial charge on any atom is 0.252 e. The zero-order valence-electron chi connectivity index (χ0n) is 52.5. The molecule has 11 aromatic rings. The lowest BCUT2D eigenvalue weighted by Crippen LogP contribution is -2.62. The highest BCUT2D eigenvalue weighted by Gasteiger charge is 2.56. The summed E-state index contributed by atoms with van der Waals surface area (Å²) in [6.45, 7) is 27.8. The molecule has 0 saturated carbocycles. The number of rotatable bonds is 6. The third-order valence-electron chi connectivity index (χ3n) is 19.5. The maximum atomic E-state index is 2.71. The Morgan fingerprint density at radius 2 is 0.759 bits per heavy atom. The van der Waals surface area contributed by atoms with Crippen LogP contribution in [0.1, 0.15) is 128 Å². The Hall–Kier alpha value is -9.12. The van der Waals surface area contributed by atoms with Crippen LogP contribution in [0.2, 0.25) is 0 Å². The van der Waals surface area contributed by atoms with Crippen molar-refractivity contribution in [1.29, 1.82) is 0 Å². The normalized spacial score (nSPS) is 14.2. The first-order valence-corrected chi connectivity index (χ1v) is 31.4. The van der Waals surface area contributed by atoms with Gasteiger partial charge in [0.2, 0.25) is 0 Å². The first kappa shape index (κ1) is 54.5. The largest absolute Gasteiger partial charge is 0.311 e. The molecule has 0 fully saturated rings.